The predicted octanol–water partition coefficient (Wildman–Crippen LogP) is 1.62. The second-order valence-corrected chi connectivity index (χ2v) is 4.63. The molecule has 1 fully saturated rings. The van der Waals surface area contributed by atoms with Crippen LogP contribution in [-0.4, -0.2) is 29.1 Å². The highest BCUT2D eigenvalue weighted by atomic mass is 16.4. The Labute approximate surface area is 105 Å². The van der Waals surface area contributed by atoms with E-state index in [1.807, 2.05) is 30.3 Å². The van der Waals surface area contributed by atoms with Crippen LogP contribution in [0.3, 0.4) is 0 Å². The zero-order chi connectivity index (χ0) is 12.5. The first kappa shape index (κ1) is 11.2. The molecule has 1 aliphatic rings. The van der Waals surface area contributed by atoms with Crippen molar-refractivity contribution in [2.45, 2.75) is 5.92 Å². The number of rotatable bonds is 2. The Balaban J connectivity index is 2.11. The highest BCUT2D eigenvalue weighted by Gasteiger charge is 2.34. The first-order valence-corrected chi connectivity index (χ1v) is 6.04. The number of carbonyl (C=O) groups is 1. The van der Waals surface area contributed by atoms with Crippen molar-refractivity contribution in [1.29, 1.82) is 0 Å². The summed E-state index contributed by atoms with van der Waals surface area (Å²) in [7, 11) is 0. The smallest absolute Gasteiger partial charge is 0.308 e. The summed E-state index contributed by atoms with van der Waals surface area (Å²) < 4.78 is 0. The number of fused-ring (bicyclic) bond motifs is 1. The Morgan fingerprint density at radius 3 is 2.94 bits per heavy atom. The number of nitrogens with zero attached hydrogens (tertiary/aromatic N) is 1. The molecule has 1 aromatic heterocycles. The summed E-state index contributed by atoms with van der Waals surface area (Å²) in [6.07, 6.45) is 1.76. The summed E-state index contributed by atoms with van der Waals surface area (Å²) >= 11 is 0. The minimum Gasteiger partial charge on any atom is -0.481 e. The van der Waals surface area contributed by atoms with Gasteiger partial charge >= 0.3 is 5.97 Å². The molecule has 4 nitrogen and oxygen atoms in total. The molecule has 0 amide bonds. The van der Waals surface area contributed by atoms with Gasteiger partial charge in [0.1, 0.15) is 0 Å². The Morgan fingerprint density at radius 2 is 2.11 bits per heavy atom. The van der Waals surface area contributed by atoms with E-state index >= 15 is 0 Å². The zero-order valence-corrected chi connectivity index (χ0v) is 9.84. The van der Waals surface area contributed by atoms with Crippen LogP contribution in [0.15, 0.2) is 36.5 Å². The topological polar surface area (TPSA) is 62.2 Å². The van der Waals surface area contributed by atoms with Gasteiger partial charge in [-0.3, -0.25) is 9.78 Å². The number of pyridine rings is 1. The van der Waals surface area contributed by atoms with Crippen molar-refractivity contribution in [3.63, 3.8) is 0 Å². The van der Waals surface area contributed by atoms with Crippen LogP contribution < -0.4 is 5.32 Å². The fourth-order valence-electron chi connectivity index (χ4n) is 2.71. The molecular formula is C14H14N2O2. The molecule has 1 aliphatic heterocycles. The molecule has 2 heterocycles. The van der Waals surface area contributed by atoms with Crippen LogP contribution >= 0.6 is 0 Å². The van der Waals surface area contributed by atoms with E-state index in [2.05, 4.69) is 10.3 Å². The summed E-state index contributed by atoms with van der Waals surface area (Å²) in [5.74, 6) is -1.06. The molecule has 0 aliphatic carbocycles. The fraction of sp³-hybridized carbons (Fsp3) is 0.286. The zero-order valence-electron chi connectivity index (χ0n) is 9.84. The Morgan fingerprint density at radius 1 is 1.28 bits per heavy atom. The largest absolute Gasteiger partial charge is 0.481 e. The molecule has 2 N–H and O–H groups in total. The average Bonchev–Trinajstić information content (AvgIpc) is 2.87. The van der Waals surface area contributed by atoms with E-state index in [1.54, 1.807) is 6.20 Å². The highest BCUT2D eigenvalue weighted by molar-refractivity contribution is 5.84. The lowest BCUT2D eigenvalue weighted by molar-refractivity contribution is -0.141. The molecule has 2 atom stereocenters. The van der Waals surface area contributed by atoms with Gasteiger partial charge in [0.05, 0.1) is 11.4 Å². The van der Waals surface area contributed by atoms with Gasteiger partial charge in [-0.05, 0) is 17.7 Å². The quantitative estimate of drug-likeness (QED) is 0.840. The van der Waals surface area contributed by atoms with Gasteiger partial charge in [0, 0.05) is 30.6 Å². The van der Waals surface area contributed by atoms with Gasteiger partial charge in [-0.15, -0.1) is 0 Å². The Kier molecular flexibility index (Phi) is 2.72. The number of carboxylic acids is 1. The van der Waals surface area contributed by atoms with Gasteiger partial charge in [-0.1, -0.05) is 18.2 Å². The summed E-state index contributed by atoms with van der Waals surface area (Å²) in [5, 5.41) is 13.5. The van der Waals surface area contributed by atoms with Crippen LogP contribution in [0.1, 0.15) is 11.5 Å². The Bertz CT molecular complexity index is 592. The summed E-state index contributed by atoms with van der Waals surface area (Å²) in [4.78, 5) is 15.6. The van der Waals surface area contributed by atoms with Crippen LogP contribution in [0.4, 0.5) is 0 Å². The van der Waals surface area contributed by atoms with Gasteiger partial charge in [0.2, 0.25) is 0 Å². The van der Waals surface area contributed by atoms with Crippen LogP contribution in [0.2, 0.25) is 0 Å². The van der Waals surface area contributed by atoms with Crippen LogP contribution in [0.25, 0.3) is 10.9 Å². The molecule has 2 unspecified atom stereocenters. The van der Waals surface area contributed by atoms with Crippen molar-refractivity contribution in [2.24, 2.45) is 5.92 Å². The SMILES string of the molecule is O=C(O)C1CNCC1c1ccnc2ccccc12. The van der Waals surface area contributed by atoms with Crippen molar-refractivity contribution in [1.82, 2.24) is 10.3 Å². The molecule has 0 bridgehead atoms. The molecule has 18 heavy (non-hydrogen) atoms. The van der Waals surface area contributed by atoms with Crippen LogP contribution in [-0.2, 0) is 4.79 Å². The van der Waals surface area contributed by atoms with Gasteiger partial charge < -0.3 is 10.4 Å². The van der Waals surface area contributed by atoms with Crippen molar-refractivity contribution in [3.05, 3.63) is 42.1 Å². The van der Waals surface area contributed by atoms with Gasteiger partial charge in [0.25, 0.3) is 0 Å². The molecule has 1 saturated heterocycles. The van der Waals surface area contributed by atoms with Crippen molar-refractivity contribution in [2.75, 3.05) is 13.1 Å². The summed E-state index contributed by atoms with van der Waals surface area (Å²) in [6, 6.07) is 9.81. The summed E-state index contributed by atoms with van der Waals surface area (Å²) in [5.41, 5.74) is 2.00. The lowest BCUT2D eigenvalue weighted by atomic mass is 9.87. The summed E-state index contributed by atoms with van der Waals surface area (Å²) in [6.45, 7) is 1.25. The normalized spacial score (nSPS) is 23.3. The van der Waals surface area contributed by atoms with Crippen LogP contribution in [0.5, 0.6) is 0 Å². The van der Waals surface area contributed by atoms with Gasteiger partial charge in [0.15, 0.2) is 0 Å². The molecule has 0 spiro atoms. The maximum atomic E-state index is 11.3. The number of aliphatic carboxylic acids is 1. The third kappa shape index (κ3) is 1.75. The van der Waals surface area contributed by atoms with E-state index in [0.29, 0.717) is 13.1 Å². The van der Waals surface area contributed by atoms with Gasteiger partial charge in [-0.25, -0.2) is 0 Å². The minimum absolute atomic E-state index is 0.0235. The lowest BCUT2D eigenvalue weighted by Gasteiger charge is -2.16. The van der Waals surface area contributed by atoms with Crippen molar-refractivity contribution >= 4 is 16.9 Å². The average molecular weight is 242 g/mol. The van der Waals surface area contributed by atoms with E-state index in [0.717, 1.165) is 16.5 Å². The minimum atomic E-state index is -0.731. The first-order chi connectivity index (χ1) is 8.77. The highest BCUT2D eigenvalue weighted by Crippen LogP contribution is 2.32. The second-order valence-electron chi connectivity index (χ2n) is 4.63. The monoisotopic (exact) mass is 242 g/mol. The molecular weight excluding hydrogens is 228 g/mol. The number of hydrogen-bond acceptors (Lipinski definition) is 3. The number of benzene rings is 1. The van der Waals surface area contributed by atoms with E-state index < -0.39 is 5.97 Å². The molecule has 4 heteroatoms. The molecule has 0 radical (unpaired) electrons. The second kappa shape index (κ2) is 4.38. The van der Waals surface area contributed by atoms with E-state index in [1.165, 1.54) is 0 Å². The molecule has 0 saturated carbocycles. The van der Waals surface area contributed by atoms with Crippen molar-refractivity contribution in [3.8, 4) is 0 Å². The number of nitrogens with one attached hydrogen (secondary N) is 1. The maximum absolute atomic E-state index is 11.3. The number of aromatic nitrogens is 1. The molecule has 1 aromatic carbocycles. The first-order valence-electron chi connectivity index (χ1n) is 6.04. The van der Waals surface area contributed by atoms with Crippen molar-refractivity contribution < 1.29 is 9.90 Å². The molecule has 2 aromatic rings. The third-order valence-electron chi connectivity index (χ3n) is 3.61. The number of para-hydroxylation sites is 1. The van der Waals surface area contributed by atoms with Gasteiger partial charge in [-0.2, -0.15) is 0 Å². The molecule has 92 valence electrons. The van der Waals surface area contributed by atoms with E-state index in [9.17, 15) is 9.90 Å². The predicted molar refractivity (Wildman–Crippen MR) is 68.5 cm³/mol. The van der Waals surface area contributed by atoms with Crippen LogP contribution in [0, 0.1) is 5.92 Å². The van der Waals surface area contributed by atoms with E-state index in [-0.39, 0.29) is 11.8 Å². The Hall–Kier alpha value is -1.94. The maximum Gasteiger partial charge on any atom is 0.308 e. The third-order valence-corrected chi connectivity index (χ3v) is 3.61. The lowest BCUT2D eigenvalue weighted by Crippen LogP contribution is -2.21. The van der Waals surface area contributed by atoms with E-state index in [4.69, 9.17) is 0 Å². The number of carboxylic acid groups (broad SMARTS) is 1. The standard InChI is InChI=1S/C14H14N2O2/c17-14(18)12-8-15-7-11(12)9-5-6-16-13-4-2-1-3-10(9)13/h1-6,11-12,15H,7-8H2,(H,17,18). The number of hydrogen-bond donors (Lipinski definition) is 2. The fourth-order valence-corrected chi connectivity index (χ4v) is 2.71. The molecule has 3 rings (SSSR count).